The van der Waals surface area contributed by atoms with E-state index in [0.717, 1.165) is 28.6 Å². The lowest BCUT2D eigenvalue weighted by Gasteiger charge is -2.18. The van der Waals surface area contributed by atoms with Crippen LogP contribution >= 0.6 is 15.9 Å². The summed E-state index contributed by atoms with van der Waals surface area (Å²) < 4.78 is 12.3. The number of carbonyl (C=O) groups is 1. The van der Waals surface area contributed by atoms with Gasteiger partial charge in [-0.1, -0.05) is 40.2 Å². The smallest absolute Gasteiger partial charge is 0.310 e. The van der Waals surface area contributed by atoms with Gasteiger partial charge in [0.2, 0.25) is 0 Å². The Morgan fingerprint density at radius 2 is 2.09 bits per heavy atom. The Morgan fingerprint density at radius 1 is 1.26 bits per heavy atom. The molecule has 0 fully saturated rings. The third-order valence-electron chi connectivity index (χ3n) is 4.01. The fraction of sp³-hybridized carbons (Fsp3) is 0.316. The summed E-state index contributed by atoms with van der Waals surface area (Å²) in [7, 11) is 0. The second kappa shape index (κ2) is 7.18. The normalized spacial score (nSPS) is 16.0. The minimum Gasteiger partial charge on any atom is -0.485 e. The van der Waals surface area contributed by atoms with E-state index >= 15 is 0 Å². The van der Waals surface area contributed by atoms with Crippen molar-refractivity contribution in [2.24, 2.45) is 0 Å². The molecule has 2 aromatic carbocycles. The van der Waals surface area contributed by atoms with Crippen molar-refractivity contribution in [3.63, 3.8) is 0 Å². The molecular formula is C19H19BrO3. The molecule has 0 aromatic heterocycles. The molecule has 120 valence electrons. The molecule has 2 aromatic rings. The number of rotatable bonds is 5. The number of esters is 1. The van der Waals surface area contributed by atoms with Crippen LogP contribution in [0.25, 0.3) is 0 Å². The summed E-state index contributed by atoms with van der Waals surface area (Å²) in [6.07, 6.45) is 2.25. The second-order valence-electron chi connectivity index (χ2n) is 5.58. The fourth-order valence-corrected chi connectivity index (χ4v) is 3.32. The van der Waals surface area contributed by atoms with Gasteiger partial charge in [0, 0.05) is 10.0 Å². The quantitative estimate of drug-likeness (QED) is 0.716. The first-order valence-electron chi connectivity index (χ1n) is 7.86. The number of ether oxygens (including phenoxy) is 2. The molecule has 1 unspecified atom stereocenters. The maximum Gasteiger partial charge on any atom is 0.310 e. The summed E-state index contributed by atoms with van der Waals surface area (Å²) in [6, 6.07) is 14.0. The third kappa shape index (κ3) is 3.75. The summed E-state index contributed by atoms with van der Waals surface area (Å²) in [6.45, 7) is 2.21. The highest BCUT2D eigenvalue weighted by molar-refractivity contribution is 9.10. The molecule has 1 atom stereocenters. The average molecular weight is 375 g/mol. The van der Waals surface area contributed by atoms with Gasteiger partial charge in [-0.05, 0) is 49.1 Å². The molecule has 0 radical (unpaired) electrons. The zero-order valence-corrected chi connectivity index (χ0v) is 14.6. The monoisotopic (exact) mass is 374 g/mol. The van der Waals surface area contributed by atoms with Crippen molar-refractivity contribution in [2.45, 2.75) is 32.3 Å². The molecule has 3 rings (SSSR count). The van der Waals surface area contributed by atoms with Gasteiger partial charge in [0.25, 0.3) is 0 Å². The summed E-state index contributed by atoms with van der Waals surface area (Å²) in [5.41, 5.74) is 3.43. The second-order valence-corrected chi connectivity index (χ2v) is 6.49. The summed E-state index contributed by atoms with van der Waals surface area (Å²) >= 11 is 3.53. The highest BCUT2D eigenvalue weighted by atomic mass is 79.9. The number of carbonyl (C=O) groups excluding carboxylic acids is 1. The number of hydrogen-bond acceptors (Lipinski definition) is 3. The molecule has 3 nitrogen and oxygen atoms in total. The SMILES string of the molecule is CCOC(=O)Cc1ccccc1OC1CCc2ccc(Br)cc21. The molecule has 0 N–H and O–H groups in total. The minimum atomic E-state index is -0.224. The van der Waals surface area contributed by atoms with E-state index in [0.29, 0.717) is 6.61 Å². The molecule has 1 aliphatic carbocycles. The van der Waals surface area contributed by atoms with Crippen molar-refractivity contribution in [1.82, 2.24) is 0 Å². The molecule has 0 saturated carbocycles. The molecule has 0 saturated heterocycles. The molecule has 0 spiro atoms. The fourth-order valence-electron chi connectivity index (χ4n) is 2.94. The Labute approximate surface area is 144 Å². The van der Waals surface area contributed by atoms with Crippen LogP contribution in [0, 0.1) is 0 Å². The first-order valence-corrected chi connectivity index (χ1v) is 8.65. The van der Waals surface area contributed by atoms with E-state index in [1.807, 2.05) is 31.2 Å². The lowest BCUT2D eigenvalue weighted by Crippen LogP contribution is -2.10. The molecule has 0 heterocycles. The van der Waals surface area contributed by atoms with Gasteiger partial charge in [-0.3, -0.25) is 4.79 Å². The highest BCUT2D eigenvalue weighted by Gasteiger charge is 2.25. The maximum absolute atomic E-state index is 11.8. The van der Waals surface area contributed by atoms with Gasteiger partial charge in [-0.25, -0.2) is 0 Å². The zero-order chi connectivity index (χ0) is 16.2. The Kier molecular flexibility index (Phi) is 5.01. The van der Waals surface area contributed by atoms with Crippen molar-refractivity contribution < 1.29 is 14.3 Å². The van der Waals surface area contributed by atoms with Gasteiger partial charge < -0.3 is 9.47 Å². The van der Waals surface area contributed by atoms with Crippen LogP contribution < -0.4 is 4.74 Å². The summed E-state index contributed by atoms with van der Waals surface area (Å²) in [5, 5.41) is 0. The van der Waals surface area contributed by atoms with E-state index in [-0.39, 0.29) is 18.5 Å². The van der Waals surface area contributed by atoms with Gasteiger partial charge >= 0.3 is 5.97 Å². The summed E-state index contributed by atoms with van der Waals surface area (Å²) in [5.74, 6) is 0.538. The molecule has 4 heteroatoms. The van der Waals surface area contributed by atoms with Crippen LogP contribution in [0.3, 0.4) is 0 Å². The van der Waals surface area contributed by atoms with Crippen LogP contribution in [0.4, 0.5) is 0 Å². The van der Waals surface area contributed by atoms with Crippen molar-refractivity contribution in [2.75, 3.05) is 6.61 Å². The molecule has 1 aliphatic rings. The number of halogens is 1. The number of hydrogen-bond donors (Lipinski definition) is 0. The van der Waals surface area contributed by atoms with E-state index in [2.05, 4.69) is 34.1 Å². The van der Waals surface area contributed by atoms with E-state index in [9.17, 15) is 4.79 Å². The van der Waals surface area contributed by atoms with E-state index < -0.39 is 0 Å². The van der Waals surface area contributed by atoms with Crippen LogP contribution in [-0.2, 0) is 22.4 Å². The average Bonchev–Trinajstić information content (AvgIpc) is 2.92. The number of aryl methyl sites for hydroxylation is 1. The standard InChI is InChI=1S/C19H19BrO3/c1-2-22-19(21)11-14-5-3-4-6-17(14)23-18-10-8-13-7-9-15(20)12-16(13)18/h3-7,9,12,18H,2,8,10-11H2,1H3. The topological polar surface area (TPSA) is 35.5 Å². The van der Waals surface area contributed by atoms with Gasteiger partial charge in [-0.2, -0.15) is 0 Å². The summed E-state index contributed by atoms with van der Waals surface area (Å²) in [4.78, 5) is 11.8. The lowest BCUT2D eigenvalue weighted by atomic mass is 10.1. The Balaban J connectivity index is 1.80. The molecular weight excluding hydrogens is 356 g/mol. The largest absolute Gasteiger partial charge is 0.485 e. The van der Waals surface area contributed by atoms with Crippen LogP contribution in [0.5, 0.6) is 5.75 Å². The van der Waals surface area contributed by atoms with E-state index in [1.54, 1.807) is 0 Å². The maximum atomic E-state index is 11.8. The predicted octanol–water partition coefficient (Wildman–Crippen LogP) is 4.62. The first kappa shape index (κ1) is 16.1. The Bertz CT molecular complexity index is 712. The Hall–Kier alpha value is -1.81. The van der Waals surface area contributed by atoms with Gasteiger partial charge in [-0.15, -0.1) is 0 Å². The van der Waals surface area contributed by atoms with Crippen LogP contribution in [-0.4, -0.2) is 12.6 Å². The van der Waals surface area contributed by atoms with Gasteiger partial charge in [0.15, 0.2) is 0 Å². The van der Waals surface area contributed by atoms with Crippen molar-refractivity contribution in [1.29, 1.82) is 0 Å². The first-order chi connectivity index (χ1) is 11.2. The van der Waals surface area contributed by atoms with E-state index in [4.69, 9.17) is 9.47 Å². The van der Waals surface area contributed by atoms with Crippen molar-refractivity contribution in [3.05, 3.63) is 63.6 Å². The molecule has 23 heavy (non-hydrogen) atoms. The molecule has 0 aliphatic heterocycles. The van der Waals surface area contributed by atoms with Crippen LogP contribution in [0.2, 0.25) is 0 Å². The number of para-hydroxylation sites is 1. The van der Waals surface area contributed by atoms with Gasteiger partial charge in [0.1, 0.15) is 11.9 Å². The van der Waals surface area contributed by atoms with Crippen LogP contribution in [0.1, 0.15) is 36.1 Å². The van der Waals surface area contributed by atoms with E-state index in [1.165, 1.54) is 11.1 Å². The third-order valence-corrected chi connectivity index (χ3v) is 4.51. The van der Waals surface area contributed by atoms with Crippen molar-refractivity contribution >= 4 is 21.9 Å². The predicted molar refractivity (Wildman–Crippen MR) is 92.6 cm³/mol. The molecule has 0 bridgehead atoms. The van der Waals surface area contributed by atoms with Crippen molar-refractivity contribution in [3.8, 4) is 5.75 Å². The van der Waals surface area contributed by atoms with Crippen LogP contribution in [0.15, 0.2) is 46.9 Å². The lowest BCUT2D eigenvalue weighted by molar-refractivity contribution is -0.142. The molecule has 0 amide bonds. The number of fused-ring (bicyclic) bond motifs is 1. The van der Waals surface area contributed by atoms with Gasteiger partial charge in [0.05, 0.1) is 13.0 Å². The Morgan fingerprint density at radius 3 is 2.91 bits per heavy atom. The number of benzene rings is 2. The highest BCUT2D eigenvalue weighted by Crippen LogP contribution is 2.37. The zero-order valence-electron chi connectivity index (χ0n) is 13.0. The minimum absolute atomic E-state index is 0.0332.